The van der Waals surface area contributed by atoms with Crippen molar-refractivity contribution in [1.82, 2.24) is 15.3 Å². The SMILES string of the molecule is CCC(C)(CC)NC(=O)c1sc2nc(C)nc(C)c2c1C. The summed E-state index contributed by atoms with van der Waals surface area (Å²) in [5, 5.41) is 4.19. The van der Waals surface area contributed by atoms with E-state index in [4.69, 9.17) is 0 Å². The van der Waals surface area contributed by atoms with E-state index in [9.17, 15) is 4.79 Å². The lowest BCUT2D eigenvalue weighted by atomic mass is 9.95. The van der Waals surface area contributed by atoms with Crippen LogP contribution in [0.3, 0.4) is 0 Å². The Morgan fingerprint density at radius 2 is 1.81 bits per heavy atom. The Labute approximate surface area is 130 Å². The Kier molecular flexibility index (Phi) is 4.33. The molecule has 0 radical (unpaired) electrons. The molecule has 0 aliphatic carbocycles. The van der Waals surface area contributed by atoms with Crippen LogP contribution in [-0.4, -0.2) is 21.4 Å². The van der Waals surface area contributed by atoms with E-state index in [0.29, 0.717) is 0 Å². The minimum absolute atomic E-state index is 0.00115. The quantitative estimate of drug-likeness (QED) is 0.931. The highest BCUT2D eigenvalue weighted by Gasteiger charge is 2.25. The van der Waals surface area contributed by atoms with Crippen molar-refractivity contribution in [2.75, 3.05) is 0 Å². The van der Waals surface area contributed by atoms with E-state index in [-0.39, 0.29) is 11.4 Å². The van der Waals surface area contributed by atoms with E-state index < -0.39 is 0 Å². The molecule has 0 atom stereocenters. The van der Waals surface area contributed by atoms with Gasteiger partial charge in [0, 0.05) is 16.6 Å². The van der Waals surface area contributed by atoms with E-state index in [1.807, 2.05) is 20.8 Å². The van der Waals surface area contributed by atoms with Crippen LogP contribution in [0.5, 0.6) is 0 Å². The van der Waals surface area contributed by atoms with E-state index in [1.54, 1.807) is 0 Å². The molecule has 0 unspecified atom stereocenters. The van der Waals surface area contributed by atoms with Gasteiger partial charge in [0.15, 0.2) is 0 Å². The number of fused-ring (bicyclic) bond motifs is 1. The van der Waals surface area contributed by atoms with Gasteiger partial charge in [-0.25, -0.2) is 9.97 Å². The zero-order valence-corrected chi connectivity index (χ0v) is 14.4. The third-order valence-corrected chi connectivity index (χ3v) is 5.45. The first-order valence-electron chi connectivity index (χ1n) is 7.38. The van der Waals surface area contributed by atoms with Crippen LogP contribution in [0.15, 0.2) is 0 Å². The summed E-state index contributed by atoms with van der Waals surface area (Å²) < 4.78 is 0. The molecule has 0 aliphatic rings. The van der Waals surface area contributed by atoms with Crippen molar-refractivity contribution in [3.8, 4) is 0 Å². The van der Waals surface area contributed by atoms with Gasteiger partial charge in [-0.15, -0.1) is 11.3 Å². The third kappa shape index (κ3) is 2.93. The minimum Gasteiger partial charge on any atom is -0.346 e. The second-order valence-electron chi connectivity index (χ2n) is 5.81. The van der Waals surface area contributed by atoms with Crippen LogP contribution >= 0.6 is 11.3 Å². The number of amides is 1. The molecule has 0 saturated heterocycles. The van der Waals surface area contributed by atoms with Gasteiger partial charge in [0.25, 0.3) is 5.91 Å². The fourth-order valence-electron chi connectivity index (χ4n) is 2.45. The van der Waals surface area contributed by atoms with Crippen molar-refractivity contribution in [1.29, 1.82) is 0 Å². The molecule has 21 heavy (non-hydrogen) atoms. The Morgan fingerprint density at radius 3 is 2.38 bits per heavy atom. The van der Waals surface area contributed by atoms with E-state index in [0.717, 1.165) is 45.0 Å². The molecule has 5 heteroatoms. The van der Waals surface area contributed by atoms with Crippen molar-refractivity contribution in [2.45, 2.75) is 59.9 Å². The highest BCUT2D eigenvalue weighted by atomic mass is 32.1. The summed E-state index contributed by atoms with van der Waals surface area (Å²) in [5.74, 6) is 0.749. The maximum Gasteiger partial charge on any atom is 0.262 e. The molecule has 1 N–H and O–H groups in total. The van der Waals surface area contributed by atoms with Gasteiger partial charge in [0.2, 0.25) is 0 Å². The Bertz CT molecular complexity index is 686. The summed E-state index contributed by atoms with van der Waals surface area (Å²) in [7, 11) is 0. The summed E-state index contributed by atoms with van der Waals surface area (Å²) in [6.45, 7) is 12.1. The van der Waals surface area contributed by atoms with Gasteiger partial charge in [-0.1, -0.05) is 13.8 Å². The summed E-state index contributed by atoms with van der Waals surface area (Å²) in [6, 6.07) is 0. The van der Waals surface area contributed by atoms with Gasteiger partial charge < -0.3 is 5.32 Å². The van der Waals surface area contributed by atoms with E-state index >= 15 is 0 Å². The molecule has 0 spiro atoms. The molecule has 0 aliphatic heterocycles. The number of hydrogen-bond acceptors (Lipinski definition) is 4. The summed E-state index contributed by atoms with van der Waals surface area (Å²) >= 11 is 1.46. The van der Waals surface area contributed by atoms with Gasteiger partial charge in [0.1, 0.15) is 10.7 Å². The Balaban J connectivity index is 2.45. The average molecular weight is 305 g/mol. The molecule has 2 aromatic heterocycles. The summed E-state index contributed by atoms with van der Waals surface area (Å²) in [5.41, 5.74) is 1.77. The zero-order chi connectivity index (χ0) is 15.8. The Hall–Kier alpha value is -1.49. The summed E-state index contributed by atoms with van der Waals surface area (Å²) in [6.07, 6.45) is 1.83. The lowest BCUT2D eigenvalue weighted by Gasteiger charge is -2.28. The van der Waals surface area contributed by atoms with Gasteiger partial charge in [0.05, 0.1) is 4.88 Å². The monoisotopic (exact) mass is 305 g/mol. The Morgan fingerprint density at radius 1 is 1.19 bits per heavy atom. The minimum atomic E-state index is -0.156. The fraction of sp³-hybridized carbons (Fsp3) is 0.562. The van der Waals surface area contributed by atoms with Crippen LogP contribution in [0, 0.1) is 20.8 Å². The fourth-order valence-corrected chi connectivity index (χ4v) is 3.62. The molecule has 0 bridgehead atoms. The number of carbonyl (C=O) groups is 1. The number of rotatable bonds is 4. The topological polar surface area (TPSA) is 54.9 Å². The van der Waals surface area contributed by atoms with Crippen molar-refractivity contribution >= 4 is 27.5 Å². The largest absolute Gasteiger partial charge is 0.346 e. The van der Waals surface area contributed by atoms with Crippen LogP contribution < -0.4 is 5.32 Å². The lowest BCUT2D eigenvalue weighted by Crippen LogP contribution is -2.44. The zero-order valence-electron chi connectivity index (χ0n) is 13.6. The predicted octanol–water partition coefficient (Wildman–Crippen LogP) is 3.93. The molecule has 1 amide bonds. The summed E-state index contributed by atoms with van der Waals surface area (Å²) in [4.78, 5) is 23.1. The normalized spacial score (nSPS) is 11.9. The molecule has 2 heterocycles. The second kappa shape index (κ2) is 5.72. The van der Waals surface area contributed by atoms with Crippen LogP contribution in [0.25, 0.3) is 10.2 Å². The van der Waals surface area contributed by atoms with Crippen LogP contribution in [0.4, 0.5) is 0 Å². The third-order valence-electron chi connectivity index (χ3n) is 4.27. The van der Waals surface area contributed by atoms with E-state index in [1.165, 1.54) is 11.3 Å². The molecule has 2 rings (SSSR count). The molecule has 114 valence electrons. The number of carbonyl (C=O) groups excluding carboxylic acids is 1. The molecular weight excluding hydrogens is 282 g/mol. The smallest absolute Gasteiger partial charge is 0.262 e. The highest BCUT2D eigenvalue weighted by Crippen LogP contribution is 2.31. The number of hydrogen-bond donors (Lipinski definition) is 1. The number of aryl methyl sites for hydroxylation is 3. The standard InChI is InChI=1S/C16H23N3OS/c1-7-16(6,8-2)19-14(20)13-9(3)12-10(4)17-11(5)18-15(12)21-13/h7-8H2,1-6H3,(H,19,20). The molecule has 0 fully saturated rings. The van der Waals surface area contributed by atoms with Gasteiger partial charge >= 0.3 is 0 Å². The molecule has 2 aromatic rings. The average Bonchev–Trinajstić information content (AvgIpc) is 2.75. The first kappa shape index (κ1) is 15.9. The second-order valence-corrected chi connectivity index (χ2v) is 6.81. The predicted molar refractivity (Wildman–Crippen MR) is 88.1 cm³/mol. The number of nitrogens with one attached hydrogen (secondary N) is 1. The first-order valence-corrected chi connectivity index (χ1v) is 8.19. The molecule has 4 nitrogen and oxygen atoms in total. The van der Waals surface area contributed by atoms with Crippen LogP contribution in [0.2, 0.25) is 0 Å². The highest BCUT2D eigenvalue weighted by molar-refractivity contribution is 7.20. The lowest BCUT2D eigenvalue weighted by molar-refractivity contribution is 0.0905. The number of nitrogens with zero attached hydrogens (tertiary/aromatic N) is 2. The van der Waals surface area contributed by atoms with Crippen LogP contribution in [0.1, 0.15) is 60.4 Å². The van der Waals surface area contributed by atoms with Crippen molar-refractivity contribution in [3.05, 3.63) is 22.0 Å². The first-order chi connectivity index (χ1) is 9.81. The van der Waals surface area contributed by atoms with E-state index in [2.05, 4.69) is 36.1 Å². The number of thiophene rings is 1. The van der Waals surface area contributed by atoms with Crippen LogP contribution in [-0.2, 0) is 0 Å². The molecular formula is C16H23N3OS. The van der Waals surface area contributed by atoms with Gasteiger partial charge in [-0.2, -0.15) is 0 Å². The molecule has 0 aromatic carbocycles. The maximum absolute atomic E-state index is 12.6. The number of aromatic nitrogens is 2. The van der Waals surface area contributed by atoms with Crippen molar-refractivity contribution in [3.63, 3.8) is 0 Å². The van der Waals surface area contributed by atoms with Gasteiger partial charge in [-0.3, -0.25) is 4.79 Å². The van der Waals surface area contributed by atoms with Gasteiger partial charge in [-0.05, 0) is 46.1 Å². The van der Waals surface area contributed by atoms with Crippen molar-refractivity contribution in [2.24, 2.45) is 0 Å². The van der Waals surface area contributed by atoms with Crippen molar-refractivity contribution < 1.29 is 4.79 Å². The maximum atomic E-state index is 12.6. The molecule has 0 saturated carbocycles.